The van der Waals surface area contributed by atoms with Crippen LogP contribution in [0.1, 0.15) is 50.2 Å². The molecule has 3 aromatic carbocycles. The average Bonchev–Trinajstić information content (AvgIpc) is 3.37. The van der Waals surface area contributed by atoms with Crippen LogP contribution in [0.2, 0.25) is 0 Å². The number of nitrogens with zero attached hydrogens (tertiary/aromatic N) is 1. The number of amides is 1. The highest BCUT2D eigenvalue weighted by Gasteiger charge is 2.73. The lowest BCUT2D eigenvalue weighted by molar-refractivity contribution is -0.348. The van der Waals surface area contributed by atoms with Crippen LogP contribution in [0.4, 0.5) is 35.1 Å². The summed E-state index contributed by atoms with van der Waals surface area (Å²) >= 11 is 0. The Hall–Kier alpha value is -4.01. The normalized spacial score (nSPS) is 20.6. The zero-order chi connectivity index (χ0) is 32.5. The minimum atomic E-state index is -6.39. The first kappa shape index (κ1) is 31.4. The third-order valence-corrected chi connectivity index (χ3v) is 10.9. The molecule has 0 aromatic heterocycles. The molecule has 1 aliphatic carbocycles. The number of carboxylic acids is 1. The summed E-state index contributed by atoms with van der Waals surface area (Å²) < 4.78 is 136. The van der Waals surface area contributed by atoms with Crippen LogP contribution in [0.3, 0.4) is 0 Å². The second-order valence-corrected chi connectivity index (χ2v) is 12.8. The fourth-order valence-electron chi connectivity index (χ4n) is 6.22. The molecule has 0 radical (unpaired) electrons. The number of aromatic carboxylic acids is 1. The number of sulfone groups is 1. The second kappa shape index (κ2) is 10.3. The third kappa shape index (κ3) is 4.54. The van der Waals surface area contributed by atoms with Gasteiger partial charge in [0.1, 0.15) is 10.6 Å². The van der Waals surface area contributed by atoms with Crippen LogP contribution >= 0.6 is 0 Å². The molecule has 0 saturated carbocycles. The zero-order valence-electron chi connectivity index (χ0n) is 22.2. The van der Waals surface area contributed by atoms with E-state index >= 15 is 0 Å². The zero-order valence-corrected chi connectivity index (χ0v) is 23.0. The summed E-state index contributed by atoms with van der Waals surface area (Å²) in [5, 5.41) is 9.15. The van der Waals surface area contributed by atoms with Crippen LogP contribution in [-0.2, 0) is 26.7 Å². The number of carbonyl (C=O) groups excluding carboxylic acids is 1. The summed E-state index contributed by atoms with van der Waals surface area (Å²) in [4.78, 5) is 25.6. The van der Waals surface area contributed by atoms with Crippen molar-refractivity contribution in [2.75, 3.05) is 6.54 Å². The summed E-state index contributed by atoms with van der Waals surface area (Å²) in [6.45, 7) is -0.218. The van der Waals surface area contributed by atoms with Gasteiger partial charge in [-0.25, -0.2) is 22.0 Å². The SMILES string of the molecule is O=C(O)c1ccc(C(=O)N2CC[C@@]3(S(=O)(=O)c4ccc(F)cc4)c4ccc(C(F)(C(F)(F)F)C(F)(F)F)cc4CC[C@@H]23)cc1. The standard InChI is InChI=1S/C29H21F8NO5S/c30-20-7-9-21(10-8-20)44(42,43)26-13-14-38(24(39)16-1-3-17(4-2-16)25(40)41)23(26)12-5-18-15-19(6-11-22(18)26)27(31,28(32,33)34)29(35,36)37/h1-4,6-11,15,23H,5,12-14H2,(H,40,41)/t23-,26-/m1/s1. The first-order chi connectivity index (χ1) is 20.4. The van der Waals surface area contributed by atoms with Crippen LogP contribution in [0, 0.1) is 5.82 Å². The predicted molar refractivity (Wildman–Crippen MR) is 138 cm³/mol. The van der Waals surface area contributed by atoms with Gasteiger partial charge in [0.05, 0.1) is 16.5 Å². The molecule has 2 atom stereocenters. The molecule has 1 aliphatic heterocycles. The van der Waals surface area contributed by atoms with E-state index in [0.29, 0.717) is 6.07 Å². The lowest BCUT2D eigenvalue weighted by Gasteiger charge is -2.43. The number of hydrogen-bond acceptors (Lipinski definition) is 4. The van der Waals surface area contributed by atoms with E-state index in [-0.39, 0.29) is 54.1 Å². The average molecular weight is 648 g/mol. The molecule has 5 rings (SSSR count). The third-order valence-electron chi connectivity index (χ3n) is 8.31. The van der Waals surface area contributed by atoms with Gasteiger partial charge in [-0.05, 0) is 78.9 Å². The molecule has 44 heavy (non-hydrogen) atoms. The summed E-state index contributed by atoms with van der Waals surface area (Å²) in [6, 6.07) is 8.53. The maximum Gasteiger partial charge on any atom is 0.435 e. The van der Waals surface area contributed by atoms with Crippen LogP contribution in [0.15, 0.2) is 71.6 Å². The van der Waals surface area contributed by atoms with Crippen molar-refractivity contribution in [1.29, 1.82) is 0 Å². The van der Waals surface area contributed by atoms with Gasteiger partial charge in [0.25, 0.3) is 5.91 Å². The number of alkyl halides is 7. The molecule has 6 nitrogen and oxygen atoms in total. The summed E-state index contributed by atoms with van der Waals surface area (Å²) in [7, 11) is -4.64. The summed E-state index contributed by atoms with van der Waals surface area (Å²) in [5.74, 6) is -2.73. The Morgan fingerprint density at radius 3 is 1.95 bits per heavy atom. The molecule has 0 spiro atoms. The smallest absolute Gasteiger partial charge is 0.435 e. The number of halogens is 8. The number of carboxylic acid groups (broad SMARTS) is 1. The Morgan fingerprint density at radius 2 is 1.41 bits per heavy atom. The Labute approximate surface area is 244 Å². The molecule has 234 valence electrons. The molecule has 1 amide bonds. The van der Waals surface area contributed by atoms with E-state index < -0.39 is 66.8 Å². The van der Waals surface area contributed by atoms with Gasteiger partial charge in [0.2, 0.25) is 0 Å². The van der Waals surface area contributed by atoms with Gasteiger partial charge in [-0.3, -0.25) is 4.79 Å². The van der Waals surface area contributed by atoms with Crippen molar-refractivity contribution in [2.24, 2.45) is 0 Å². The second-order valence-electron chi connectivity index (χ2n) is 10.6. The molecule has 2 aliphatic rings. The number of carbonyl (C=O) groups is 2. The minimum absolute atomic E-state index is 0.00342. The van der Waals surface area contributed by atoms with Gasteiger partial charge in [-0.1, -0.05) is 18.2 Å². The Balaban J connectivity index is 1.68. The van der Waals surface area contributed by atoms with Crippen LogP contribution in [0.25, 0.3) is 0 Å². The highest BCUT2D eigenvalue weighted by molar-refractivity contribution is 7.92. The fourth-order valence-corrected chi connectivity index (χ4v) is 8.59. The van der Waals surface area contributed by atoms with Gasteiger partial charge in [-0.15, -0.1) is 0 Å². The number of aryl methyl sites for hydroxylation is 1. The van der Waals surface area contributed by atoms with Gasteiger partial charge in [-0.2, -0.15) is 26.3 Å². The molecule has 3 aromatic rings. The van der Waals surface area contributed by atoms with Crippen molar-refractivity contribution in [3.8, 4) is 0 Å². The molecular weight excluding hydrogens is 626 g/mol. The van der Waals surface area contributed by atoms with Crippen molar-refractivity contribution in [3.05, 3.63) is 100 Å². The topological polar surface area (TPSA) is 91.8 Å². The molecule has 1 saturated heterocycles. The van der Waals surface area contributed by atoms with Crippen LogP contribution < -0.4 is 0 Å². The minimum Gasteiger partial charge on any atom is -0.478 e. The Morgan fingerprint density at radius 1 is 0.841 bits per heavy atom. The lowest BCUT2D eigenvalue weighted by Crippen LogP contribution is -2.53. The summed E-state index contributed by atoms with van der Waals surface area (Å²) in [6.07, 6.45) is -13.7. The van der Waals surface area contributed by atoms with Crippen molar-refractivity contribution in [1.82, 2.24) is 4.90 Å². The Kier molecular flexibility index (Phi) is 7.34. The van der Waals surface area contributed by atoms with Crippen molar-refractivity contribution in [2.45, 2.75) is 53.0 Å². The van der Waals surface area contributed by atoms with Crippen molar-refractivity contribution < 1.29 is 58.2 Å². The number of hydrogen-bond donors (Lipinski definition) is 1. The van der Waals surface area contributed by atoms with E-state index in [0.717, 1.165) is 42.5 Å². The van der Waals surface area contributed by atoms with Crippen molar-refractivity contribution >= 4 is 21.7 Å². The molecular formula is C29H21F8NO5S. The highest BCUT2D eigenvalue weighted by atomic mass is 32.2. The van der Waals surface area contributed by atoms with E-state index in [9.17, 15) is 53.1 Å². The number of rotatable bonds is 5. The fraction of sp³-hybridized carbons (Fsp3) is 0.310. The number of likely N-dealkylation sites (tertiary alicyclic amines) is 1. The van der Waals surface area contributed by atoms with Crippen LogP contribution in [0.5, 0.6) is 0 Å². The first-order valence-electron chi connectivity index (χ1n) is 13.0. The van der Waals surface area contributed by atoms with E-state index in [4.69, 9.17) is 5.11 Å². The van der Waals surface area contributed by atoms with E-state index in [1.54, 1.807) is 0 Å². The van der Waals surface area contributed by atoms with Gasteiger partial charge >= 0.3 is 24.0 Å². The number of fused-ring (bicyclic) bond motifs is 3. The lowest BCUT2D eigenvalue weighted by atomic mass is 9.76. The van der Waals surface area contributed by atoms with Crippen molar-refractivity contribution in [3.63, 3.8) is 0 Å². The monoisotopic (exact) mass is 647 g/mol. The van der Waals surface area contributed by atoms with Crippen LogP contribution in [-0.4, -0.2) is 55.2 Å². The molecule has 1 N–H and O–H groups in total. The van der Waals surface area contributed by atoms with E-state index in [1.807, 2.05) is 0 Å². The van der Waals surface area contributed by atoms with Gasteiger partial charge in [0, 0.05) is 17.7 Å². The van der Waals surface area contributed by atoms with Gasteiger partial charge < -0.3 is 10.0 Å². The maximum atomic E-state index is 14.9. The summed E-state index contributed by atoms with van der Waals surface area (Å²) in [5.41, 5.74) is -8.11. The van der Waals surface area contributed by atoms with E-state index in [2.05, 4.69) is 0 Å². The molecule has 15 heteroatoms. The quantitative estimate of drug-likeness (QED) is 0.258. The van der Waals surface area contributed by atoms with Gasteiger partial charge in [0.15, 0.2) is 9.84 Å². The molecule has 1 heterocycles. The predicted octanol–water partition coefficient (Wildman–Crippen LogP) is 6.34. The highest BCUT2D eigenvalue weighted by Crippen LogP contribution is 2.56. The maximum absolute atomic E-state index is 14.9. The van der Waals surface area contributed by atoms with E-state index in [1.165, 1.54) is 17.0 Å². The largest absolute Gasteiger partial charge is 0.478 e. The first-order valence-corrected chi connectivity index (χ1v) is 14.5. The molecule has 1 fully saturated rings. The number of benzene rings is 3. The molecule has 0 bridgehead atoms. The Bertz CT molecular complexity index is 1720. The molecule has 0 unspecified atom stereocenters.